The van der Waals surface area contributed by atoms with Crippen LogP contribution in [0.15, 0.2) is 6.07 Å². The first kappa shape index (κ1) is 20.9. The summed E-state index contributed by atoms with van der Waals surface area (Å²) in [4.78, 5) is 0. The van der Waals surface area contributed by atoms with Gasteiger partial charge in [-0.1, -0.05) is 59.9 Å². The monoisotopic (exact) mass is 369 g/mol. The summed E-state index contributed by atoms with van der Waals surface area (Å²) >= 11 is 0. The summed E-state index contributed by atoms with van der Waals surface area (Å²) in [6.45, 7) is 19.1. The van der Waals surface area contributed by atoms with Gasteiger partial charge in [0.1, 0.15) is 0 Å². The molecule has 2 aliphatic rings. The maximum absolute atomic E-state index is 3.83. The number of rotatable bonds is 5. The van der Waals surface area contributed by atoms with E-state index in [0.717, 1.165) is 18.4 Å². The molecule has 3 rings (SSSR count). The number of fused-ring (bicyclic) bond motifs is 1. The second kappa shape index (κ2) is 7.90. The Kier molecular flexibility index (Phi) is 6.11. The molecule has 0 unspecified atom stereocenters. The highest BCUT2D eigenvalue weighted by Crippen LogP contribution is 2.48. The molecule has 27 heavy (non-hydrogen) atoms. The highest BCUT2D eigenvalue weighted by atomic mass is 14.9. The van der Waals surface area contributed by atoms with E-state index in [0.29, 0.717) is 10.8 Å². The molecule has 0 aliphatic heterocycles. The van der Waals surface area contributed by atoms with E-state index in [1.54, 1.807) is 16.7 Å². The molecule has 0 heterocycles. The second-order valence-electron chi connectivity index (χ2n) is 10.9. The molecule has 0 spiro atoms. The summed E-state index contributed by atoms with van der Waals surface area (Å²) in [5, 5.41) is 3.83. The van der Waals surface area contributed by atoms with Crippen molar-refractivity contribution in [1.82, 2.24) is 5.32 Å². The normalized spacial score (nSPS) is 26.6. The van der Waals surface area contributed by atoms with Crippen LogP contribution in [-0.4, -0.2) is 6.54 Å². The fraction of sp³-hybridized carbons (Fsp3) is 0.769. The van der Waals surface area contributed by atoms with E-state index in [1.807, 2.05) is 0 Å². The lowest BCUT2D eigenvalue weighted by Crippen LogP contribution is -2.35. The fourth-order valence-corrected chi connectivity index (χ4v) is 5.71. The topological polar surface area (TPSA) is 12.0 Å². The van der Waals surface area contributed by atoms with Gasteiger partial charge in [0.15, 0.2) is 0 Å². The maximum atomic E-state index is 3.83. The molecule has 0 saturated heterocycles. The van der Waals surface area contributed by atoms with Crippen molar-refractivity contribution in [3.8, 4) is 0 Å². The Labute approximate surface area is 168 Å². The molecule has 0 bridgehead atoms. The van der Waals surface area contributed by atoms with E-state index >= 15 is 0 Å². The van der Waals surface area contributed by atoms with E-state index in [4.69, 9.17) is 0 Å². The predicted octanol–water partition coefficient (Wildman–Crippen LogP) is 6.96. The Morgan fingerprint density at radius 1 is 0.889 bits per heavy atom. The zero-order valence-corrected chi connectivity index (χ0v) is 19.1. The van der Waals surface area contributed by atoms with Crippen molar-refractivity contribution < 1.29 is 0 Å². The summed E-state index contributed by atoms with van der Waals surface area (Å²) in [5.41, 5.74) is 8.45. The van der Waals surface area contributed by atoms with Gasteiger partial charge >= 0.3 is 0 Å². The van der Waals surface area contributed by atoms with Gasteiger partial charge in [-0.25, -0.2) is 0 Å². The van der Waals surface area contributed by atoms with E-state index < -0.39 is 0 Å². The van der Waals surface area contributed by atoms with Crippen LogP contribution >= 0.6 is 0 Å². The summed E-state index contributed by atoms with van der Waals surface area (Å²) < 4.78 is 0. The average Bonchev–Trinajstić information content (AvgIpc) is 2.63. The van der Waals surface area contributed by atoms with Gasteiger partial charge in [0, 0.05) is 6.54 Å². The van der Waals surface area contributed by atoms with Gasteiger partial charge in [0.25, 0.3) is 0 Å². The van der Waals surface area contributed by atoms with Gasteiger partial charge in [-0.05, 0) is 96.6 Å². The van der Waals surface area contributed by atoms with E-state index in [-0.39, 0.29) is 0 Å². The molecule has 1 fully saturated rings. The van der Waals surface area contributed by atoms with Gasteiger partial charge in [-0.2, -0.15) is 0 Å². The zero-order chi connectivity index (χ0) is 19.8. The van der Waals surface area contributed by atoms with Crippen LogP contribution < -0.4 is 5.32 Å². The molecule has 0 radical (unpaired) electrons. The number of hydrogen-bond acceptors (Lipinski definition) is 1. The Balaban J connectivity index is 1.73. The lowest BCUT2D eigenvalue weighted by Gasteiger charge is -2.43. The Morgan fingerprint density at radius 3 is 2.11 bits per heavy atom. The molecule has 1 heteroatoms. The maximum Gasteiger partial charge on any atom is 0.0208 e. The molecule has 0 amide bonds. The molecule has 0 aromatic heterocycles. The van der Waals surface area contributed by atoms with Crippen LogP contribution in [0.5, 0.6) is 0 Å². The highest BCUT2D eigenvalue weighted by molar-refractivity contribution is 5.52. The van der Waals surface area contributed by atoms with Gasteiger partial charge in [0.2, 0.25) is 0 Å². The first-order chi connectivity index (χ1) is 12.7. The largest absolute Gasteiger partial charge is 0.312 e. The zero-order valence-electron chi connectivity index (χ0n) is 19.1. The van der Waals surface area contributed by atoms with E-state index in [2.05, 4.69) is 59.8 Å². The average molecular weight is 370 g/mol. The van der Waals surface area contributed by atoms with Crippen LogP contribution in [0.2, 0.25) is 0 Å². The first-order valence-corrected chi connectivity index (χ1v) is 11.5. The minimum Gasteiger partial charge on any atom is -0.312 e. The highest BCUT2D eigenvalue weighted by Gasteiger charge is 2.38. The first-order valence-electron chi connectivity index (χ1n) is 11.5. The molecule has 1 nitrogen and oxygen atoms in total. The van der Waals surface area contributed by atoms with Crippen LogP contribution in [0, 0.1) is 25.7 Å². The third-order valence-corrected chi connectivity index (χ3v) is 8.08. The molecular formula is C26H43N. The molecule has 2 aliphatic carbocycles. The Hall–Kier alpha value is -0.820. The summed E-state index contributed by atoms with van der Waals surface area (Å²) in [7, 11) is 0. The molecule has 1 N–H and O–H groups in total. The van der Waals surface area contributed by atoms with Crippen molar-refractivity contribution >= 4 is 0 Å². The van der Waals surface area contributed by atoms with Gasteiger partial charge < -0.3 is 5.32 Å². The number of nitrogens with one attached hydrogen (secondary N) is 1. The SMILES string of the molecule is CCC1CCC(CNCc2cc3c(c(C)c2C)C(C)(C)CCC3(C)C)CC1. The van der Waals surface area contributed by atoms with Crippen molar-refractivity contribution in [2.45, 2.75) is 111 Å². The third kappa shape index (κ3) is 4.29. The minimum absolute atomic E-state index is 0.302. The quantitative estimate of drug-likeness (QED) is 0.591. The number of hydrogen-bond donors (Lipinski definition) is 1. The Bertz CT molecular complexity index is 659. The Morgan fingerprint density at radius 2 is 1.48 bits per heavy atom. The van der Waals surface area contributed by atoms with Crippen molar-refractivity contribution in [2.24, 2.45) is 11.8 Å². The predicted molar refractivity (Wildman–Crippen MR) is 119 cm³/mol. The molecule has 1 aromatic rings. The second-order valence-corrected chi connectivity index (χ2v) is 10.9. The minimum atomic E-state index is 0.302. The summed E-state index contributed by atoms with van der Waals surface area (Å²) in [6.07, 6.45) is 9.71. The fourth-order valence-electron chi connectivity index (χ4n) is 5.71. The summed E-state index contributed by atoms with van der Waals surface area (Å²) in [5.74, 6) is 1.89. The lowest BCUT2D eigenvalue weighted by molar-refractivity contribution is 0.262. The standard InChI is InChI=1S/C26H43N/c1-8-20-9-11-21(12-10-20)16-27-17-22-15-23-24(19(3)18(22)2)26(6,7)14-13-25(23,4)5/h15,20-21,27H,8-14,16-17H2,1-7H3. The van der Waals surface area contributed by atoms with E-state index in [9.17, 15) is 0 Å². The van der Waals surface area contributed by atoms with Gasteiger partial charge in [0.05, 0.1) is 0 Å². The molecular weight excluding hydrogens is 326 g/mol. The van der Waals surface area contributed by atoms with Crippen molar-refractivity contribution in [1.29, 1.82) is 0 Å². The molecule has 152 valence electrons. The van der Waals surface area contributed by atoms with Gasteiger partial charge in [-0.15, -0.1) is 0 Å². The van der Waals surface area contributed by atoms with Gasteiger partial charge in [-0.3, -0.25) is 0 Å². The smallest absolute Gasteiger partial charge is 0.0208 e. The molecule has 1 saturated carbocycles. The number of benzene rings is 1. The van der Waals surface area contributed by atoms with Crippen LogP contribution in [0.4, 0.5) is 0 Å². The van der Waals surface area contributed by atoms with Crippen molar-refractivity contribution in [3.05, 3.63) is 33.9 Å². The molecule has 1 aromatic carbocycles. The summed E-state index contributed by atoms with van der Waals surface area (Å²) in [6, 6.07) is 2.56. The van der Waals surface area contributed by atoms with Crippen LogP contribution in [0.1, 0.15) is 107 Å². The van der Waals surface area contributed by atoms with Crippen LogP contribution in [-0.2, 0) is 17.4 Å². The lowest BCUT2D eigenvalue weighted by atomic mass is 9.61. The third-order valence-electron chi connectivity index (χ3n) is 8.08. The van der Waals surface area contributed by atoms with Crippen LogP contribution in [0.25, 0.3) is 0 Å². The van der Waals surface area contributed by atoms with Crippen molar-refractivity contribution in [3.63, 3.8) is 0 Å². The molecule has 0 atom stereocenters. The van der Waals surface area contributed by atoms with Crippen molar-refractivity contribution in [2.75, 3.05) is 6.54 Å². The van der Waals surface area contributed by atoms with E-state index in [1.165, 1.54) is 62.6 Å². The van der Waals surface area contributed by atoms with Crippen LogP contribution in [0.3, 0.4) is 0 Å².